The molecule has 2 aromatic carbocycles. The molecule has 1 atom stereocenters. The molecule has 0 aliphatic heterocycles. The summed E-state index contributed by atoms with van der Waals surface area (Å²) in [6.45, 7) is 1.69. The number of hydrogen-bond donors (Lipinski definition) is 1. The van der Waals surface area contributed by atoms with E-state index in [1.807, 2.05) is 24.3 Å². The van der Waals surface area contributed by atoms with E-state index in [0.717, 1.165) is 5.56 Å². The van der Waals surface area contributed by atoms with Crippen LogP contribution in [0.2, 0.25) is 0 Å². The first kappa shape index (κ1) is 11.6. The van der Waals surface area contributed by atoms with Crippen LogP contribution in [0.4, 0.5) is 0 Å². The van der Waals surface area contributed by atoms with E-state index < -0.39 is 6.10 Å². The molecule has 1 unspecified atom stereocenters. The minimum absolute atomic E-state index is 0.0203. The number of hydrogen-bond acceptors (Lipinski definition) is 2. The standard InChI is InChI=1S/C15H14O2/c1-11(16)13-8-5-9-14(10-13)15(17)12-6-3-2-4-7-12/h2-11,16H,1H3. The summed E-state index contributed by atoms with van der Waals surface area (Å²) in [6.07, 6.45) is -0.557. The molecule has 0 fully saturated rings. The molecule has 2 aromatic rings. The van der Waals surface area contributed by atoms with Crippen molar-refractivity contribution in [2.45, 2.75) is 13.0 Å². The van der Waals surface area contributed by atoms with Crippen molar-refractivity contribution >= 4 is 5.78 Å². The zero-order valence-corrected chi connectivity index (χ0v) is 9.63. The summed E-state index contributed by atoms with van der Waals surface area (Å²) in [5, 5.41) is 9.49. The number of aliphatic hydroxyl groups is 1. The zero-order valence-electron chi connectivity index (χ0n) is 9.63. The van der Waals surface area contributed by atoms with Crippen LogP contribution in [0.15, 0.2) is 54.6 Å². The van der Waals surface area contributed by atoms with Gasteiger partial charge in [-0.1, -0.05) is 48.5 Å². The third-order valence-electron chi connectivity index (χ3n) is 2.67. The normalized spacial score (nSPS) is 12.1. The Bertz CT molecular complexity index is 515. The fraction of sp³-hybridized carbons (Fsp3) is 0.133. The van der Waals surface area contributed by atoms with Crippen molar-refractivity contribution in [1.29, 1.82) is 0 Å². The molecular weight excluding hydrogens is 212 g/mol. The number of aliphatic hydroxyl groups excluding tert-OH is 1. The number of carbonyl (C=O) groups is 1. The van der Waals surface area contributed by atoms with E-state index in [0.29, 0.717) is 11.1 Å². The predicted molar refractivity (Wildman–Crippen MR) is 67.0 cm³/mol. The Morgan fingerprint density at radius 3 is 2.29 bits per heavy atom. The first-order valence-corrected chi connectivity index (χ1v) is 5.56. The third-order valence-corrected chi connectivity index (χ3v) is 2.67. The van der Waals surface area contributed by atoms with Gasteiger partial charge in [-0.05, 0) is 18.6 Å². The van der Waals surface area contributed by atoms with Gasteiger partial charge in [0.1, 0.15) is 0 Å². The fourth-order valence-electron chi connectivity index (χ4n) is 1.70. The number of benzene rings is 2. The summed E-state index contributed by atoms with van der Waals surface area (Å²) < 4.78 is 0. The number of carbonyl (C=O) groups excluding carboxylic acids is 1. The molecule has 86 valence electrons. The van der Waals surface area contributed by atoms with Crippen LogP contribution in [-0.4, -0.2) is 10.9 Å². The van der Waals surface area contributed by atoms with Crippen LogP contribution in [0, 0.1) is 0 Å². The summed E-state index contributed by atoms with van der Waals surface area (Å²) in [7, 11) is 0. The van der Waals surface area contributed by atoms with Gasteiger partial charge in [-0.3, -0.25) is 4.79 Å². The fourth-order valence-corrected chi connectivity index (χ4v) is 1.70. The highest BCUT2D eigenvalue weighted by Gasteiger charge is 2.10. The monoisotopic (exact) mass is 226 g/mol. The van der Waals surface area contributed by atoms with Gasteiger partial charge in [0.25, 0.3) is 0 Å². The summed E-state index contributed by atoms with van der Waals surface area (Å²) in [5.74, 6) is -0.0203. The molecule has 0 aliphatic rings. The Balaban J connectivity index is 2.35. The first-order chi connectivity index (χ1) is 8.18. The van der Waals surface area contributed by atoms with Crippen molar-refractivity contribution in [1.82, 2.24) is 0 Å². The van der Waals surface area contributed by atoms with Crippen molar-refractivity contribution in [2.75, 3.05) is 0 Å². The highest BCUT2D eigenvalue weighted by molar-refractivity contribution is 6.09. The van der Waals surface area contributed by atoms with Crippen LogP contribution in [0.1, 0.15) is 34.5 Å². The Morgan fingerprint density at radius 2 is 1.65 bits per heavy atom. The Labute approximate surface area is 101 Å². The average molecular weight is 226 g/mol. The maximum atomic E-state index is 12.1. The quantitative estimate of drug-likeness (QED) is 0.817. The van der Waals surface area contributed by atoms with Crippen molar-refractivity contribution in [3.05, 3.63) is 71.3 Å². The van der Waals surface area contributed by atoms with E-state index in [9.17, 15) is 9.90 Å². The Kier molecular flexibility index (Phi) is 3.35. The van der Waals surface area contributed by atoms with Gasteiger partial charge >= 0.3 is 0 Å². The van der Waals surface area contributed by atoms with Gasteiger partial charge < -0.3 is 5.11 Å². The van der Waals surface area contributed by atoms with E-state index in [-0.39, 0.29) is 5.78 Å². The highest BCUT2D eigenvalue weighted by atomic mass is 16.3. The van der Waals surface area contributed by atoms with E-state index in [4.69, 9.17) is 0 Å². The molecular formula is C15H14O2. The molecule has 0 saturated heterocycles. The summed E-state index contributed by atoms with van der Waals surface area (Å²) in [6, 6.07) is 16.2. The lowest BCUT2D eigenvalue weighted by atomic mass is 10.00. The Morgan fingerprint density at radius 1 is 1.00 bits per heavy atom. The van der Waals surface area contributed by atoms with Gasteiger partial charge in [0.05, 0.1) is 6.10 Å². The second kappa shape index (κ2) is 4.93. The lowest BCUT2D eigenvalue weighted by Crippen LogP contribution is -2.02. The number of rotatable bonds is 3. The molecule has 2 rings (SSSR count). The topological polar surface area (TPSA) is 37.3 Å². The van der Waals surface area contributed by atoms with Crippen LogP contribution in [-0.2, 0) is 0 Å². The third kappa shape index (κ3) is 2.60. The van der Waals surface area contributed by atoms with Gasteiger partial charge in [-0.15, -0.1) is 0 Å². The van der Waals surface area contributed by atoms with Crippen molar-refractivity contribution in [3.8, 4) is 0 Å². The largest absolute Gasteiger partial charge is 0.389 e. The van der Waals surface area contributed by atoms with Crippen LogP contribution in [0.3, 0.4) is 0 Å². The maximum Gasteiger partial charge on any atom is 0.193 e. The minimum atomic E-state index is -0.557. The van der Waals surface area contributed by atoms with Crippen molar-refractivity contribution in [2.24, 2.45) is 0 Å². The molecule has 0 saturated carbocycles. The van der Waals surface area contributed by atoms with E-state index >= 15 is 0 Å². The summed E-state index contributed by atoms with van der Waals surface area (Å²) >= 11 is 0. The van der Waals surface area contributed by atoms with Crippen LogP contribution in [0.25, 0.3) is 0 Å². The van der Waals surface area contributed by atoms with Gasteiger partial charge in [-0.2, -0.15) is 0 Å². The van der Waals surface area contributed by atoms with Gasteiger partial charge in [0.15, 0.2) is 5.78 Å². The smallest absolute Gasteiger partial charge is 0.193 e. The molecule has 17 heavy (non-hydrogen) atoms. The van der Waals surface area contributed by atoms with Crippen LogP contribution in [0.5, 0.6) is 0 Å². The van der Waals surface area contributed by atoms with Crippen molar-refractivity contribution < 1.29 is 9.90 Å². The molecule has 0 aliphatic carbocycles. The number of ketones is 1. The molecule has 0 aromatic heterocycles. The SMILES string of the molecule is CC(O)c1cccc(C(=O)c2ccccc2)c1. The molecule has 0 heterocycles. The predicted octanol–water partition coefficient (Wildman–Crippen LogP) is 2.97. The van der Waals surface area contributed by atoms with Gasteiger partial charge in [0.2, 0.25) is 0 Å². The second-order valence-electron chi connectivity index (χ2n) is 4.00. The molecule has 2 nitrogen and oxygen atoms in total. The highest BCUT2D eigenvalue weighted by Crippen LogP contribution is 2.16. The lowest BCUT2D eigenvalue weighted by Gasteiger charge is -2.06. The Hall–Kier alpha value is -1.93. The van der Waals surface area contributed by atoms with Gasteiger partial charge in [-0.25, -0.2) is 0 Å². The van der Waals surface area contributed by atoms with Crippen LogP contribution < -0.4 is 0 Å². The molecule has 0 radical (unpaired) electrons. The molecule has 0 bridgehead atoms. The second-order valence-corrected chi connectivity index (χ2v) is 4.00. The van der Waals surface area contributed by atoms with Gasteiger partial charge in [0, 0.05) is 11.1 Å². The summed E-state index contributed by atoms with van der Waals surface area (Å²) in [5.41, 5.74) is 2.02. The average Bonchev–Trinajstić information content (AvgIpc) is 2.39. The minimum Gasteiger partial charge on any atom is -0.389 e. The van der Waals surface area contributed by atoms with Crippen molar-refractivity contribution in [3.63, 3.8) is 0 Å². The lowest BCUT2D eigenvalue weighted by molar-refractivity contribution is 0.103. The van der Waals surface area contributed by atoms with E-state index in [2.05, 4.69) is 0 Å². The zero-order chi connectivity index (χ0) is 12.3. The maximum absolute atomic E-state index is 12.1. The molecule has 0 amide bonds. The molecule has 2 heteroatoms. The molecule has 1 N–H and O–H groups in total. The molecule has 0 spiro atoms. The van der Waals surface area contributed by atoms with Crippen LogP contribution >= 0.6 is 0 Å². The summed E-state index contributed by atoms with van der Waals surface area (Å²) in [4.78, 5) is 12.1. The first-order valence-electron chi connectivity index (χ1n) is 5.56. The van der Waals surface area contributed by atoms with E-state index in [1.165, 1.54) is 0 Å². The van der Waals surface area contributed by atoms with E-state index in [1.54, 1.807) is 37.3 Å².